The largest absolute Gasteiger partial charge is 0.445 e. The van der Waals surface area contributed by atoms with Gasteiger partial charge >= 0.3 is 12.2 Å². The summed E-state index contributed by atoms with van der Waals surface area (Å²) in [6.07, 6.45) is 0.746. The summed E-state index contributed by atoms with van der Waals surface area (Å²) in [5.41, 5.74) is 0.345. The number of likely N-dealkylation sites (N-methyl/N-ethyl adjacent to an activating group) is 1. The number of halogens is 1. The summed E-state index contributed by atoms with van der Waals surface area (Å²) in [6, 6.07) is 13.5. The van der Waals surface area contributed by atoms with Crippen LogP contribution in [0.1, 0.15) is 72.4 Å². The molecule has 0 aromatic heterocycles. The van der Waals surface area contributed by atoms with Crippen LogP contribution < -0.4 is 5.32 Å². The fraction of sp³-hybridized carbons (Fsp3) is 0.556. The van der Waals surface area contributed by atoms with Crippen molar-refractivity contribution in [1.29, 1.82) is 0 Å². The van der Waals surface area contributed by atoms with Gasteiger partial charge in [0, 0.05) is 32.7 Å². The number of carbonyl (C=O) groups is 4. The molecule has 10 nitrogen and oxygen atoms in total. The van der Waals surface area contributed by atoms with Crippen LogP contribution in [0.3, 0.4) is 0 Å². The van der Waals surface area contributed by atoms with Crippen molar-refractivity contribution in [3.63, 3.8) is 0 Å². The normalized spacial score (nSPS) is 16.2. The van der Waals surface area contributed by atoms with Crippen molar-refractivity contribution in [1.82, 2.24) is 20.0 Å². The minimum atomic E-state index is -0.891. The van der Waals surface area contributed by atoms with E-state index in [2.05, 4.69) is 5.32 Å². The number of nitrogens with one attached hydrogen (secondary N) is 1. The Balaban J connectivity index is 1.75. The first-order chi connectivity index (χ1) is 22.0. The molecule has 0 unspecified atom stereocenters. The minimum absolute atomic E-state index is 0.105. The molecule has 1 saturated heterocycles. The standard InChI is InChI=1S/C36H51FN4O6/c1-25(39(8)33(44)47-36(5,6)7)31(42)38-30(35(2,3)4)32(43)41-21-12-15-29(41)23-40(22-20-26-16-18-28(37)19-17-26)34(45)46-24-27-13-10-9-11-14-27/h9-11,13-14,16-19,25,29-30H,12,15,20-24H2,1-8H3,(H,38,42)/t25-,29-,30+/m0/s1. The van der Waals surface area contributed by atoms with Crippen LogP contribution in [0, 0.1) is 11.2 Å². The van der Waals surface area contributed by atoms with Gasteiger partial charge in [0.2, 0.25) is 11.8 Å². The van der Waals surface area contributed by atoms with Crippen molar-refractivity contribution in [2.24, 2.45) is 5.41 Å². The molecule has 0 aliphatic carbocycles. The predicted molar refractivity (Wildman–Crippen MR) is 178 cm³/mol. The Labute approximate surface area is 278 Å². The van der Waals surface area contributed by atoms with Crippen LogP contribution in [-0.2, 0) is 32.1 Å². The topological polar surface area (TPSA) is 108 Å². The molecule has 1 heterocycles. The van der Waals surface area contributed by atoms with Crippen molar-refractivity contribution in [3.05, 3.63) is 71.5 Å². The van der Waals surface area contributed by atoms with Crippen LogP contribution in [0.4, 0.5) is 14.0 Å². The maximum absolute atomic E-state index is 14.2. The molecule has 1 aliphatic heterocycles. The van der Waals surface area contributed by atoms with Crippen LogP contribution in [0.5, 0.6) is 0 Å². The number of carbonyl (C=O) groups excluding carboxylic acids is 4. The molecule has 1 fully saturated rings. The van der Waals surface area contributed by atoms with Crippen molar-refractivity contribution in [2.45, 2.75) is 98.1 Å². The Morgan fingerprint density at radius 3 is 2.19 bits per heavy atom. The van der Waals surface area contributed by atoms with Crippen LogP contribution in [0.25, 0.3) is 0 Å². The second kappa shape index (κ2) is 16.1. The zero-order valence-electron chi connectivity index (χ0n) is 29.0. The van der Waals surface area contributed by atoms with E-state index in [0.29, 0.717) is 25.9 Å². The van der Waals surface area contributed by atoms with E-state index in [4.69, 9.17) is 9.47 Å². The first kappa shape index (κ1) is 37.3. The summed E-state index contributed by atoms with van der Waals surface area (Å²) >= 11 is 0. The highest BCUT2D eigenvalue weighted by Crippen LogP contribution is 2.27. The number of ether oxygens (including phenoxy) is 2. The molecule has 0 spiro atoms. The molecular formula is C36H51FN4O6. The third-order valence-corrected chi connectivity index (χ3v) is 8.18. The van der Waals surface area contributed by atoms with E-state index in [9.17, 15) is 23.6 Å². The van der Waals surface area contributed by atoms with E-state index in [0.717, 1.165) is 17.5 Å². The maximum atomic E-state index is 14.2. The molecule has 3 atom stereocenters. The molecular weight excluding hydrogens is 603 g/mol. The van der Waals surface area contributed by atoms with Crippen LogP contribution >= 0.6 is 0 Å². The summed E-state index contributed by atoms with van der Waals surface area (Å²) in [5.74, 6) is -1.07. The summed E-state index contributed by atoms with van der Waals surface area (Å²) in [5, 5.41) is 2.90. The Hall–Kier alpha value is -4.15. The molecule has 2 aromatic carbocycles. The van der Waals surface area contributed by atoms with Gasteiger partial charge in [0.15, 0.2) is 0 Å². The predicted octanol–water partition coefficient (Wildman–Crippen LogP) is 5.78. The molecule has 0 saturated carbocycles. The summed E-state index contributed by atoms with van der Waals surface area (Å²) in [7, 11) is 1.49. The van der Waals surface area contributed by atoms with Gasteiger partial charge in [-0.15, -0.1) is 0 Å². The molecule has 47 heavy (non-hydrogen) atoms. The fourth-order valence-electron chi connectivity index (χ4n) is 5.30. The van der Waals surface area contributed by atoms with Gasteiger partial charge in [0.1, 0.15) is 30.1 Å². The summed E-state index contributed by atoms with van der Waals surface area (Å²) < 4.78 is 24.6. The molecule has 2 aromatic rings. The number of hydrogen-bond acceptors (Lipinski definition) is 6. The van der Waals surface area contributed by atoms with E-state index in [1.807, 2.05) is 51.1 Å². The molecule has 258 valence electrons. The zero-order valence-corrected chi connectivity index (χ0v) is 29.0. The van der Waals surface area contributed by atoms with Gasteiger partial charge in [-0.25, -0.2) is 14.0 Å². The number of nitrogens with zero attached hydrogens (tertiary/aromatic N) is 3. The number of benzene rings is 2. The summed E-state index contributed by atoms with van der Waals surface area (Å²) in [4.78, 5) is 58.1. The summed E-state index contributed by atoms with van der Waals surface area (Å²) in [6.45, 7) is 13.6. The van der Waals surface area contributed by atoms with E-state index in [1.54, 1.807) is 49.6 Å². The first-order valence-corrected chi connectivity index (χ1v) is 16.2. The zero-order chi connectivity index (χ0) is 34.9. The van der Waals surface area contributed by atoms with Gasteiger partial charge in [-0.1, -0.05) is 63.2 Å². The highest BCUT2D eigenvalue weighted by Gasteiger charge is 2.41. The quantitative estimate of drug-likeness (QED) is 0.329. The van der Waals surface area contributed by atoms with Crippen LogP contribution in [-0.4, -0.2) is 89.1 Å². The van der Waals surface area contributed by atoms with Gasteiger partial charge in [-0.3, -0.25) is 14.5 Å². The number of likely N-dealkylation sites (tertiary alicyclic amines) is 1. The second-order valence-electron chi connectivity index (χ2n) is 14.3. The monoisotopic (exact) mass is 654 g/mol. The van der Waals surface area contributed by atoms with Crippen molar-refractivity contribution in [2.75, 3.05) is 26.7 Å². The third kappa shape index (κ3) is 11.3. The van der Waals surface area contributed by atoms with E-state index in [1.165, 1.54) is 24.1 Å². The average molecular weight is 655 g/mol. The van der Waals surface area contributed by atoms with Gasteiger partial charge in [-0.2, -0.15) is 0 Å². The Kier molecular flexibility index (Phi) is 12.8. The lowest BCUT2D eigenvalue weighted by Crippen LogP contribution is -2.59. The molecule has 0 bridgehead atoms. The molecule has 1 N–H and O–H groups in total. The Bertz CT molecular complexity index is 1360. The SMILES string of the molecule is C[C@@H](C(=O)N[C@H](C(=O)N1CCC[C@H]1CN(CCc1ccc(F)cc1)C(=O)OCc1ccccc1)C(C)(C)C)N(C)C(=O)OC(C)(C)C. The van der Waals surface area contributed by atoms with E-state index in [-0.39, 0.29) is 30.9 Å². The van der Waals surface area contributed by atoms with Crippen molar-refractivity contribution >= 4 is 24.0 Å². The fourth-order valence-corrected chi connectivity index (χ4v) is 5.30. The lowest BCUT2D eigenvalue weighted by molar-refractivity contribution is -0.141. The minimum Gasteiger partial charge on any atom is -0.445 e. The molecule has 4 amide bonds. The van der Waals surface area contributed by atoms with Crippen molar-refractivity contribution in [3.8, 4) is 0 Å². The Morgan fingerprint density at radius 2 is 1.60 bits per heavy atom. The smallest absolute Gasteiger partial charge is 0.410 e. The number of amides is 4. The second-order valence-corrected chi connectivity index (χ2v) is 14.3. The van der Waals surface area contributed by atoms with E-state index >= 15 is 0 Å². The average Bonchev–Trinajstić information content (AvgIpc) is 3.47. The van der Waals surface area contributed by atoms with Gasteiger partial charge in [-0.05, 0) is 75.6 Å². The van der Waals surface area contributed by atoms with Gasteiger partial charge < -0.3 is 24.6 Å². The third-order valence-electron chi connectivity index (χ3n) is 8.18. The Morgan fingerprint density at radius 1 is 0.957 bits per heavy atom. The van der Waals surface area contributed by atoms with Gasteiger partial charge in [0.25, 0.3) is 0 Å². The first-order valence-electron chi connectivity index (χ1n) is 16.2. The number of hydrogen-bond donors (Lipinski definition) is 1. The van der Waals surface area contributed by atoms with E-state index < -0.39 is 41.2 Å². The highest BCUT2D eigenvalue weighted by molar-refractivity contribution is 5.91. The van der Waals surface area contributed by atoms with Crippen LogP contribution in [0.15, 0.2) is 54.6 Å². The van der Waals surface area contributed by atoms with Crippen LogP contribution in [0.2, 0.25) is 0 Å². The van der Waals surface area contributed by atoms with Gasteiger partial charge in [0.05, 0.1) is 0 Å². The molecule has 11 heteroatoms. The highest BCUT2D eigenvalue weighted by atomic mass is 19.1. The lowest BCUT2D eigenvalue weighted by atomic mass is 9.85. The maximum Gasteiger partial charge on any atom is 0.410 e. The number of rotatable bonds is 11. The molecule has 3 rings (SSSR count). The molecule has 0 radical (unpaired) electrons. The van der Waals surface area contributed by atoms with Crippen molar-refractivity contribution < 1.29 is 33.0 Å². The molecule has 1 aliphatic rings. The lowest BCUT2D eigenvalue weighted by Gasteiger charge is -2.38.